The predicted octanol–water partition coefficient (Wildman–Crippen LogP) is 5.49. The molecule has 0 amide bonds. The Hall–Kier alpha value is -1.03. The molecule has 2 aromatic carbocycles. The van der Waals surface area contributed by atoms with E-state index >= 15 is 0 Å². The highest BCUT2D eigenvalue weighted by Gasteiger charge is 2.15. The summed E-state index contributed by atoms with van der Waals surface area (Å²) in [5, 5.41) is 0.660. The highest BCUT2D eigenvalue weighted by molar-refractivity contribution is 9.10. The molecule has 0 N–H and O–H groups in total. The average Bonchev–Trinajstić information content (AvgIpc) is 2.79. The van der Waals surface area contributed by atoms with Gasteiger partial charge in [0, 0.05) is 4.47 Å². The van der Waals surface area contributed by atoms with E-state index < -0.39 is 0 Å². The molecule has 102 valence electrons. The molecule has 1 aromatic heterocycles. The summed E-state index contributed by atoms with van der Waals surface area (Å²) in [6.07, 6.45) is 0. The first-order chi connectivity index (χ1) is 9.61. The predicted molar refractivity (Wildman–Crippen MR) is 88.1 cm³/mol. The Morgan fingerprint density at radius 3 is 2.75 bits per heavy atom. The fourth-order valence-electron chi connectivity index (χ4n) is 2.35. The van der Waals surface area contributed by atoms with E-state index in [9.17, 15) is 0 Å². The molecule has 20 heavy (non-hydrogen) atoms. The highest BCUT2D eigenvalue weighted by Crippen LogP contribution is 2.31. The van der Waals surface area contributed by atoms with Gasteiger partial charge in [-0.1, -0.05) is 39.7 Å². The third kappa shape index (κ3) is 2.24. The molecule has 5 heteroatoms. The number of hydrogen-bond donors (Lipinski definition) is 0. The second-order valence-corrected chi connectivity index (χ2v) is 6.13. The molecule has 2 nitrogen and oxygen atoms in total. The van der Waals surface area contributed by atoms with Crippen molar-refractivity contribution in [1.29, 1.82) is 0 Å². The first kappa shape index (κ1) is 13.9. The van der Waals surface area contributed by atoms with Gasteiger partial charge in [0.1, 0.15) is 5.82 Å². The Labute approximate surface area is 135 Å². The Morgan fingerprint density at radius 2 is 2.05 bits per heavy atom. The molecule has 0 saturated carbocycles. The van der Waals surface area contributed by atoms with Crippen molar-refractivity contribution in [3.8, 4) is 5.69 Å². The van der Waals surface area contributed by atoms with Crippen LogP contribution >= 0.6 is 39.1 Å². The van der Waals surface area contributed by atoms with Gasteiger partial charge in [0.05, 0.1) is 27.6 Å². The molecule has 0 fully saturated rings. The van der Waals surface area contributed by atoms with Crippen molar-refractivity contribution in [2.45, 2.75) is 12.8 Å². The minimum Gasteiger partial charge on any atom is -0.294 e. The van der Waals surface area contributed by atoms with Crippen LogP contribution in [0.1, 0.15) is 11.4 Å². The van der Waals surface area contributed by atoms with E-state index in [4.69, 9.17) is 23.2 Å². The van der Waals surface area contributed by atoms with Crippen LogP contribution in [0.2, 0.25) is 5.02 Å². The van der Waals surface area contributed by atoms with Crippen molar-refractivity contribution < 1.29 is 0 Å². The summed E-state index contributed by atoms with van der Waals surface area (Å²) < 4.78 is 2.98. The maximum absolute atomic E-state index is 6.38. The van der Waals surface area contributed by atoms with E-state index in [-0.39, 0.29) is 0 Å². The Balaban J connectivity index is 2.39. The van der Waals surface area contributed by atoms with Crippen LogP contribution in [0.3, 0.4) is 0 Å². The second kappa shape index (κ2) is 5.40. The number of halogens is 3. The van der Waals surface area contributed by atoms with Gasteiger partial charge in [0.2, 0.25) is 0 Å². The minimum absolute atomic E-state index is 0.334. The molecule has 0 aliphatic carbocycles. The number of nitrogens with zero attached hydrogens (tertiary/aromatic N) is 2. The van der Waals surface area contributed by atoms with Crippen molar-refractivity contribution in [2.24, 2.45) is 0 Å². The fraction of sp³-hybridized carbons (Fsp3) is 0.133. The van der Waals surface area contributed by atoms with Gasteiger partial charge in [0.15, 0.2) is 0 Å². The molecule has 0 radical (unpaired) electrons. The number of fused-ring (bicyclic) bond motifs is 1. The Morgan fingerprint density at radius 1 is 1.25 bits per heavy atom. The smallest absolute Gasteiger partial charge is 0.129 e. The van der Waals surface area contributed by atoms with Crippen molar-refractivity contribution in [3.05, 3.63) is 57.3 Å². The normalized spacial score (nSPS) is 11.2. The zero-order valence-corrected chi connectivity index (χ0v) is 13.8. The van der Waals surface area contributed by atoms with Crippen LogP contribution < -0.4 is 0 Å². The topological polar surface area (TPSA) is 17.8 Å². The van der Waals surface area contributed by atoms with Crippen LogP contribution in [0.25, 0.3) is 16.7 Å². The summed E-state index contributed by atoms with van der Waals surface area (Å²) in [7, 11) is 0. The summed E-state index contributed by atoms with van der Waals surface area (Å²) in [6, 6.07) is 11.8. The van der Waals surface area contributed by atoms with Crippen LogP contribution in [0.4, 0.5) is 0 Å². The summed E-state index contributed by atoms with van der Waals surface area (Å²) in [5.41, 5.74) is 4.01. The lowest BCUT2D eigenvalue weighted by Crippen LogP contribution is -2.01. The Bertz CT molecular complexity index is 796. The van der Waals surface area contributed by atoms with Gasteiger partial charge in [-0.3, -0.25) is 4.57 Å². The molecule has 0 atom stereocenters. The minimum atomic E-state index is 0.334. The van der Waals surface area contributed by atoms with Crippen LogP contribution in [-0.4, -0.2) is 9.55 Å². The van der Waals surface area contributed by atoms with Crippen molar-refractivity contribution >= 4 is 50.2 Å². The summed E-state index contributed by atoms with van der Waals surface area (Å²) in [4.78, 5) is 4.59. The Kier molecular flexibility index (Phi) is 3.76. The molecular weight excluding hydrogens is 359 g/mol. The van der Waals surface area contributed by atoms with Crippen LogP contribution in [0.15, 0.2) is 40.9 Å². The number of aryl methyl sites for hydroxylation is 1. The van der Waals surface area contributed by atoms with Crippen molar-refractivity contribution in [2.75, 3.05) is 0 Å². The van der Waals surface area contributed by atoms with Gasteiger partial charge in [-0.05, 0) is 36.8 Å². The lowest BCUT2D eigenvalue weighted by atomic mass is 10.2. The summed E-state index contributed by atoms with van der Waals surface area (Å²) >= 11 is 15.9. The lowest BCUT2D eigenvalue weighted by molar-refractivity contribution is 0.979. The highest BCUT2D eigenvalue weighted by atomic mass is 79.9. The molecular formula is C15H11BrCl2N2. The third-order valence-corrected chi connectivity index (χ3v) is 4.25. The maximum Gasteiger partial charge on any atom is 0.129 e. The lowest BCUT2D eigenvalue weighted by Gasteiger charge is -2.11. The number of alkyl halides is 1. The number of imidazole rings is 1. The van der Waals surface area contributed by atoms with Gasteiger partial charge in [-0.2, -0.15) is 0 Å². The molecule has 0 aliphatic rings. The number of benzene rings is 2. The van der Waals surface area contributed by atoms with E-state index in [1.807, 2.05) is 34.9 Å². The van der Waals surface area contributed by atoms with Gasteiger partial charge in [-0.15, -0.1) is 11.6 Å². The van der Waals surface area contributed by atoms with Crippen molar-refractivity contribution in [3.63, 3.8) is 0 Å². The number of rotatable bonds is 2. The zero-order valence-electron chi connectivity index (χ0n) is 10.7. The first-order valence-corrected chi connectivity index (χ1v) is 7.80. The van der Waals surface area contributed by atoms with E-state index in [1.54, 1.807) is 0 Å². The van der Waals surface area contributed by atoms with E-state index in [0.717, 1.165) is 32.6 Å². The molecule has 0 bridgehead atoms. The zero-order chi connectivity index (χ0) is 14.3. The van der Waals surface area contributed by atoms with Gasteiger partial charge >= 0.3 is 0 Å². The quantitative estimate of drug-likeness (QED) is 0.546. The SMILES string of the molecule is Cc1cccc2nc(CCl)n(-c3ccc(Br)cc3Cl)c12. The summed E-state index contributed by atoms with van der Waals surface area (Å²) in [5.74, 6) is 1.13. The van der Waals surface area contributed by atoms with E-state index in [0.29, 0.717) is 10.9 Å². The average molecular weight is 370 g/mol. The standard InChI is InChI=1S/C15H11BrCl2N2/c1-9-3-2-4-12-15(9)20(14(8-17)19-12)13-6-5-10(16)7-11(13)18/h2-7H,8H2,1H3. The van der Waals surface area contributed by atoms with Crippen LogP contribution in [0.5, 0.6) is 0 Å². The van der Waals surface area contributed by atoms with Crippen molar-refractivity contribution in [1.82, 2.24) is 9.55 Å². The molecule has 3 rings (SSSR count). The first-order valence-electron chi connectivity index (χ1n) is 6.10. The number of hydrogen-bond acceptors (Lipinski definition) is 1. The molecule has 0 saturated heterocycles. The van der Waals surface area contributed by atoms with Gasteiger partial charge < -0.3 is 0 Å². The van der Waals surface area contributed by atoms with Gasteiger partial charge in [0.25, 0.3) is 0 Å². The van der Waals surface area contributed by atoms with E-state index in [2.05, 4.69) is 33.9 Å². The molecule has 0 unspecified atom stereocenters. The second-order valence-electron chi connectivity index (χ2n) is 4.54. The van der Waals surface area contributed by atoms with E-state index in [1.165, 1.54) is 0 Å². The van der Waals surface area contributed by atoms with Gasteiger partial charge in [-0.25, -0.2) is 4.98 Å². The maximum atomic E-state index is 6.38. The van der Waals surface area contributed by atoms with Crippen LogP contribution in [-0.2, 0) is 5.88 Å². The number of aromatic nitrogens is 2. The monoisotopic (exact) mass is 368 g/mol. The largest absolute Gasteiger partial charge is 0.294 e. The fourth-order valence-corrected chi connectivity index (χ4v) is 3.29. The molecule has 0 aliphatic heterocycles. The molecule has 1 heterocycles. The number of para-hydroxylation sites is 1. The molecule has 0 spiro atoms. The molecule has 3 aromatic rings. The third-order valence-electron chi connectivity index (χ3n) is 3.22. The summed E-state index contributed by atoms with van der Waals surface area (Å²) in [6.45, 7) is 2.06. The van der Waals surface area contributed by atoms with Crippen LogP contribution in [0, 0.1) is 6.92 Å².